The van der Waals surface area contributed by atoms with Crippen molar-refractivity contribution in [2.45, 2.75) is 90.0 Å². The van der Waals surface area contributed by atoms with Gasteiger partial charge in [0.1, 0.15) is 30.0 Å². The second-order valence-corrected chi connectivity index (χ2v) is 13.6. The third kappa shape index (κ3) is 7.02. The molecule has 0 spiro atoms. The van der Waals surface area contributed by atoms with Gasteiger partial charge in [0.25, 0.3) is 0 Å². The molecule has 3 heterocycles. The molecule has 2 amide bonds. The van der Waals surface area contributed by atoms with E-state index in [4.69, 9.17) is 18.9 Å². The number of alkyl carbamates (subject to hydrolysis) is 1. The summed E-state index contributed by atoms with van der Waals surface area (Å²) in [7, 11) is 2.67. The fourth-order valence-electron chi connectivity index (χ4n) is 6.61. The number of aromatic nitrogens is 2. The first-order valence-electron chi connectivity index (χ1n) is 15.6. The highest BCUT2D eigenvalue weighted by molar-refractivity contribution is 5.91. The van der Waals surface area contributed by atoms with Crippen LogP contribution in [0.5, 0.6) is 11.6 Å². The second kappa shape index (κ2) is 13.0. The summed E-state index contributed by atoms with van der Waals surface area (Å²) in [5.74, 6) is -4.55. The average molecular weight is 645 g/mol. The van der Waals surface area contributed by atoms with Crippen LogP contribution >= 0.6 is 0 Å². The van der Waals surface area contributed by atoms with Crippen LogP contribution in [-0.2, 0) is 25.0 Å². The Kier molecular flexibility index (Phi) is 9.42. The summed E-state index contributed by atoms with van der Waals surface area (Å²) in [6.45, 7) is 7.28. The van der Waals surface area contributed by atoms with Crippen LogP contribution in [0.25, 0.3) is 11.0 Å². The lowest BCUT2D eigenvalue weighted by Gasteiger charge is -2.35. The number of carbonyl (C=O) groups excluding carboxylic acids is 3. The molecule has 250 valence electrons. The third-order valence-corrected chi connectivity index (χ3v) is 8.98. The van der Waals surface area contributed by atoms with E-state index in [1.54, 1.807) is 32.9 Å². The molecule has 46 heavy (non-hydrogen) atoms. The number of fused-ring (bicyclic) bond motifs is 5. The molecule has 0 unspecified atom stereocenters. The van der Waals surface area contributed by atoms with Crippen molar-refractivity contribution in [3.63, 3.8) is 0 Å². The first kappa shape index (κ1) is 33.3. The molecule has 11 nitrogen and oxygen atoms in total. The van der Waals surface area contributed by atoms with Crippen LogP contribution in [0.3, 0.4) is 0 Å². The second-order valence-electron chi connectivity index (χ2n) is 13.6. The molecule has 1 aliphatic carbocycles. The predicted molar refractivity (Wildman–Crippen MR) is 163 cm³/mol. The van der Waals surface area contributed by atoms with Crippen molar-refractivity contribution in [3.05, 3.63) is 36.0 Å². The van der Waals surface area contributed by atoms with E-state index in [0.717, 1.165) is 12.5 Å². The maximum absolute atomic E-state index is 15.9. The van der Waals surface area contributed by atoms with Crippen molar-refractivity contribution in [1.29, 1.82) is 0 Å². The Labute approximate surface area is 267 Å². The van der Waals surface area contributed by atoms with Gasteiger partial charge >= 0.3 is 18.0 Å². The summed E-state index contributed by atoms with van der Waals surface area (Å²) in [5, 5.41) is 2.76. The number of hydrogen-bond acceptors (Lipinski definition) is 9. The normalized spacial score (nSPS) is 29.3. The summed E-state index contributed by atoms with van der Waals surface area (Å²) in [5.41, 5.74) is -0.968. The van der Waals surface area contributed by atoms with Gasteiger partial charge in [0.05, 0.1) is 31.8 Å². The number of methoxy groups -OCH3 is 2. The van der Waals surface area contributed by atoms with Crippen LogP contribution in [0.15, 0.2) is 30.4 Å². The van der Waals surface area contributed by atoms with Gasteiger partial charge < -0.3 is 29.2 Å². The Morgan fingerprint density at radius 1 is 1.09 bits per heavy atom. The number of esters is 1. The Morgan fingerprint density at radius 2 is 1.85 bits per heavy atom. The zero-order valence-electron chi connectivity index (χ0n) is 27.0. The highest BCUT2D eigenvalue weighted by atomic mass is 19.3. The Bertz CT molecular complexity index is 1510. The first-order chi connectivity index (χ1) is 21.7. The lowest BCUT2D eigenvalue weighted by molar-refractivity contribution is -0.152. The van der Waals surface area contributed by atoms with Crippen LogP contribution < -0.4 is 14.8 Å². The van der Waals surface area contributed by atoms with Crippen LogP contribution in [-0.4, -0.2) is 77.9 Å². The van der Waals surface area contributed by atoms with Crippen molar-refractivity contribution in [2.24, 2.45) is 17.3 Å². The minimum absolute atomic E-state index is 0.0425. The molecular weight excluding hydrogens is 602 g/mol. The SMILES string of the molecule is COC(=O)[C@@H]1C[C@@H]2CN1C(=O)[C@H](C(C)(C)C)NC(=O)O[C@@H]1C[C@H](C)C[C@H]1CC/C=C/C(F)(F)c1nc3ccc(OC)cc3nc1O2. The Balaban J connectivity index is 1.59. The molecule has 2 fully saturated rings. The van der Waals surface area contributed by atoms with Crippen molar-refractivity contribution in [2.75, 3.05) is 20.8 Å². The van der Waals surface area contributed by atoms with Gasteiger partial charge in [-0.05, 0) is 61.1 Å². The fourth-order valence-corrected chi connectivity index (χ4v) is 6.61. The number of allylic oxidation sites excluding steroid dienone is 2. The molecule has 1 saturated heterocycles. The lowest BCUT2D eigenvalue weighted by Crippen LogP contribution is -2.57. The molecular formula is C33H42F2N4O7. The monoisotopic (exact) mass is 644 g/mol. The third-order valence-electron chi connectivity index (χ3n) is 8.98. The Hall–Kier alpha value is -4.03. The average Bonchev–Trinajstić information content (AvgIpc) is 3.58. The zero-order valence-corrected chi connectivity index (χ0v) is 27.0. The number of halogens is 2. The van der Waals surface area contributed by atoms with Gasteiger partial charge in [-0.2, -0.15) is 8.78 Å². The highest BCUT2D eigenvalue weighted by Gasteiger charge is 2.48. The summed E-state index contributed by atoms with van der Waals surface area (Å²) in [6.07, 6.45) is 2.31. The molecule has 2 aliphatic heterocycles. The zero-order chi connectivity index (χ0) is 33.4. The number of carbonyl (C=O) groups is 3. The van der Waals surface area contributed by atoms with E-state index in [9.17, 15) is 14.4 Å². The van der Waals surface area contributed by atoms with Crippen molar-refractivity contribution < 1.29 is 42.1 Å². The number of amides is 2. The maximum Gasteiger partial charge on any atom is 0.408 e. The number of rotatable bonds is 2. The van der Waals surface area contributed by atoms with Gasteiger partial charge in [-0.1, -0.05) is 33.8 Å². The largest absolute Gasteiger partial charge is 0.497 e. The summed E-state index contributed by atoms with van der Waals surface area (Å²) in [4.78, 5) is 50.2. The molecule has 0 radical (unpaired) electrons. The minimum Gasteiger partial charge on any atom is -0.497 e. The highest BCUT2D eigenvalue weighted by Crippen LogP contribution is 2.39. The van der Waals surface area contributed by atoms with Crippen molar-refractivity contribution >= 4 is 29.0 Å². The molecule has 1 aromatic heterocycles. The summed E-state index contributed by atoms with van der Waals surface area (Å²) >= 11 is 0. The van der Waals surface area contributed by atoms with Gasteiger partial charge in [0.15, 0.2) is 5.69 Å². The van der Waals surface area contributed by atoms with E-state index >= 15 is 8.78 Å². The molecule has 1 aromatic carbocycles. The quantitative estimate of drug-likeness (QED) is 0.348. The van der Waals surface area contributed by atoms with Crippen molar-refractivity contribution in [3.8, 4) is 11.6 Å². The van der Waals surface area contributed by atoms with E-state index in [0.29, 0.717) is 25.0 Å². The first-order valence-corrected chi connectivity index (χ1v) is 15.6. The number of alkyl halides is 2. The molecule has 1 N–H and O–H groups in total. The van der Waals surface area contributed by atoms with Gasteiger partial charge in [0.2, 0.25) is 11.8 Å². The Morgan fingerprint density at radius 3 is 2.54 bits per heavy atom. The van der Waals surface area contributed by atoms with E-state index in [1.807, 2.05) is 0 Å². The van der Waals surface area contributed by atoms with Gasteiger partial charge in [0, 0.05) is 12.5 Å². The standard InChI is InChI=1S/C33H42F2N4O7/c1-18-13-19-9-7-8-12-33(34,35)26-28(37-23-15-20(43-5)10-11-22(23)36-26)45-21-16-24(30(41)44-6)39(17-21)29(40)27(32(2,3)4)38-31(42)46-25(19)14-18/h8,10-12,15,18-19,21,24-25,27H,7,9,13-14,16-17H2,1-6H3,(H,38,42)/b12-8+/t18-,19-,21-,24+,25-,27-/m1/s1. The van der Waals surface area contributed by atoms with Gasteiger partial charge in [-0.3, -0.25) is 4.79 Å². The number of benzene rings is 1. The van der Waals surface area contributed by atoms with E-state index in [-0.39, 0.29) is 35.8 Å². The van der Waals surface area contributed by atoms with Gasteiger partial charge in [-0.15, -0.1) is 0 Å². The fraction of sp³-hybridized carbons (Fsp3) is 0.606. The molecule has 2 aromatic rings. The van der Waals surface area contributed by atoms with E-state index in [1.165, 1.54) is 31.3 Å². The number of hydrogen-bond donors (Lipinski definition) is 1. The smallest absolute Gasteiger partial charge is 0.408 e. The van der Waals surface area contributed by atoms with E-state index < -0.39 is 65.2 Å². The number of nitrogens with one attached hydrogen (secondary N) is 1. The molecule has 1 saturated carbocycles. The van der Waals surface area contributed by atoms with Crippen LogP contribution in [0.4, 0.5) is 13.6 Å². The van der Waals surface area contributed by atoms with Crippen LogP contribution in [0.2, 0.25) is 0 Å². The summed E-state index contributed by atoms with van der Waals surface area (Å²) < 4.78 is 54.1. The molecule has 3 aliphatic rings. The van der Waals surface area contributed by atoms with Crippen LogP contribution in [0.1, 0.15) is 65.5 Å². The van der Waals surface area contributed by atoms with Crippen LogP contribution in [0, 0.1) is 17.3 Å². The molecule has 6 atom stereocenters. The lowest BCUT2D eigenvalue weighted by atomic mass is 9.85. The van der Waals surface area contributed by atoms with Gasteiger partial charge in [-0.25, -0.2) is 19.6 Å². The van der Waals surface area contributed by atoms with E-state index in [2.05, 4.69) is 22.2 Å². The van der Waals surface area contributed by atoms with Crippen molar-refractivity contribution in [1.82, 2.24) is 20.2 Å². The molecule has 2 bridgehead atoms. The topological polar surface area (TPSA) is 129 Å². The number of nitrogens with zero attached hydrogens (tertiary/aromatic N) is 3. The minimum atomic E-state index is -3.56. The number of ether oxygens (including phenoxy) is 4. The summed E-state index contributed by atoms with van der Waals surface area (Å²) in [6, 6.07) is 2.54. The predicted octanol–water partition coefficient (Wildman–Crippen LogP) is 5.16. The molecule has 5 rings (SSSR count). The molecule has 13 heteroatoms. The maximum atomic E-state index is 15.9.